The SMILES string of the molecule is CCCNCC(CCCOCC)C(C)(C)C. The van der Waals surface area contributed by atoms with Crippen molar-refractivity contribution < 1.29 is 4.74 Å². The van der Waals surface area contributed by atoms with Gasteiger partial charge < -0.3 is 10.1 Å². The Morgan fingerprint density at radius 1 is 1.19 bits per heavy atom. The fourth-order valence-electron chi connectivity index (χ4n) is 1.87. The molecule has 0 aliphatic heterocycles. The molecular weight excluding hydrogens is 198 g/mol. The zero-order valence-corrected chi connectivity index (χ0v) is 11.9. The third-order valence-corrected chi connectivity index (χ3v) is 3.09. The molecule has 0 rings (SSSR count). The molecule has 0 amide bonds. The van der Waals surface area contributed by atoms with Crippen LogP contribution in [0.4, 0.5) is 0 Å². The first-order valence-corrected chi connectivity index (χ1v) is 6.80. The maximum Gasteiger partial charge on any atom is 0.0466 e. The predicted molar refractivity (Wildman–Crippen MR) is 71.8 cm³/mol. The zero-order chi connectivity index (χ0) is 12.4. The highest BCUT2D eigenvalue weighted by molar-refractivity contribution is 4.76. The highest BCUT2D eigenvalue weighted by Gasteiger charge is 2.23. The van der Waals surface area contributed by atoms with Crippen LogP contribution in [0.2, 0.25) is 0 Å². The van der Waals surface area contributed by atoms with Crippen molar-refractivity contribution in [1.29, 1.82) is 0 Å². The molecule has 0 fully saturated rings. The molecule has 2 heteroatoms. The summed E-state index contributed by atoms with van der Waals surface area (Å²) >= 11 is 0. The first kappa shape index (κ1) is 15.9. The minimum atomic E-state index is 0.396. The Balaban J connectivity index is 3.82. The molecule has 0 spiro atoms. The molecule has 1 atom stereocenters. The van der Waals surface area contributed by atoms with Crippen LogP contribution in [0, 0.1) is 11.3 Å². The van der Waals surface area contributed by atoms with Gasteiger partial charge in [0.1, 0.15) is 0 Å². The lowest BCUT2D eigenvalue weighted by molar-refractivity contribution is 0.127. The quantitative estimate of drug-likeness (QED) is 0.611. The topological polar surface area (TPSA) is 21.3 Å². The van der Waals surface area contributed by atoms with Crippen LogP contribution in [-0.4, -0.2) is 26.3 Å². The smallest absolute Gasteiger partial charge is 0.0466 e. The fourth-order valence-corrected chi connectivity index (χ4v) is 1.87. The molecule has 0 aromatic rings. The van der Waals surface area contributed by atoms with Crippen molar-refractivity contribution in [2.45, 2.75) is 53.9 Å². The molecule has 1 unspecified atom stereocenters. The average molecular weight is 229 g/mol. The molecule has 0 aromatic heterocycles. The minimum absolute atomic E-state index is 0.396. The number of hydrogen-bond donors (Lipinski definition) is 1. The third kappa shape index (κ3) is 8.12. The molecule has 0 aliphatic rings. The summed E-state index contributed by atoms with van der Waals surface area (Å²) in [6, 6.07) is 0. The summed E-state index contributed by atoms with van der Waals surface area (Å²) in [6.07, 6.45) is 3.67. The van der Waals surface area contributed by atoms with E-state index in [1.165, 1.54) is 19.3 Å². The number of rotatable bonds is 9. The molecular formula is C14H31NO. The third-order valence-electron chi connectivity index (χ3n) is 3.09. The van der Waals surface area contributed by atoms with Gasteiger partial charge in [-0.15, -0.1) is 0 Å². The van der Waals surface area contributed by atoms with Gasteiger partial charge in [-0.05, 0) is 50.6 Å². The zero-order valence-electron chi connectivity index (χ0n) is 11.9. The minimum Gasteiger partial charge on any atom is -0.382 e. The van der Waals surface area contributed by atoms with Gasteiger partial charge in [-0.3, -0.25) is 0 Å². The number of hydrogen-bond acceptors (Lipinski definition) is 2. The van der Waals surface area contributed by atoms with E-state index in [0.29, 0.717) is 5.41 Å². The van der Waals surface area contributed by atoms with Crippen molar-refractivity contribution in [3.8, 4) is 0 Å². The molecule has 0 aliphatic carbocycles. The average Bonchev–Trinajstić information content (AvgIpc) is 2.20. The van der Waals surface area contributed by atoms with E-state index in [4.69, 9.17) is 4.74 Å². The van der Waals surface area contributed by atoms with Crippen molar-refractivity contribution in [3.63, 3.8) is 0 Å². The van der Waals surface area contributed by atoms with Crippen molar-refractivity contribution in [2.75, 3.05) is 26.3 Å². The second kappa shape index (κ2) is 9.00. The lowest BCUT2D eigenvalue weighted by Gasteiger charge is -2.31. The lowest BCUT2D eigenvalue weighted by Crippen LogP contribution is -2.32. The maximum atomic E-state index is 5.40. The summed E-state index contributed by atoms with van der Waals surface area (Å²) in [7, 11) is 0. The van der Waals surface area contributed by atoms with E-state index >= 15 is 0 Å². The lowest BCUT2D eigenvalue weighted by atomic mass is 9.78. The predicted octanol–water partition coefficient (Wildman–Crippen LogP) is 3.47. The molecule has 0 heterocycles. The van der Waals surface area contributed by atoms with Gasteiger partial charge >= 0.3 is 0 Å². The normalized spacial score (nSPS) is 14.1. The van der Waals surface area contributed by atoms with Crippen LogP contribution in [0.1, 0.15) is 53.9 Å². The molecule has 98 valence electrons. The van der Waals surface area contributed by atoms with E-state index in [1.54, 1.807) is 0 Å². The Hall–Kier alpha value is -0.0800. The molecule has 0 bridgehead atoms. The van der Waals surface area contributed by atoms with Crippen LogP contribution >= 0.6 is 0 Å². The second-order valence-corrected chi connectivity index (χ2v) is 5.61. The first-order chi connectivity index (χ1) is 7.52. The standard InChI is InChI=1S/C14H31NO/c1-6-10-15-12-13(14(3,4)5)9-8-11-16-7-2/h13,15H,6-12H2,1-5H3. The maximum absolute atomic E-state index is 5.40. The van der Waals surface area contributed by atoms with E-state index in [9.17, 15) is 0 Å². The number of ether oxygens (including phenoxy) is 1. The van der Waals surface area contributed by atoms with Crippen LogP contribution < -0.4 is 5.32 Å². The summed E-state index contributed by atoms with van der Waals surface area (Å²) < 4.78 is 5.40. The number of nitrogens with one attached hydrogen (secondary N) is 1. The van der Waals surface area contributed by atoms with Crippen LogP contribution in [0.5, 0.6) is 0 Å². The Morgan fingerprint density at radius 2 is 1.88 bits per heavy atom. The van der Waals surface area contributed by atoms with Crippen LogP contribution in [0.25, 0.3) is 0 Å². The van der Waals surface area contributed by atoms with Crippen molar-refractivity contribution in [1.82, 2.24) is 5.32 Å². The molecule has 0 radical (unpaired) electrons. The summed E-state index contributed by atoms with van der Waals surface area (Å²) in [5, 5.41) is 3.54. The van der Waals surface area contributed by atoms with Gasteiger partial charge in [0.2, 0.25) is 0 Å². The highest BCUT2D eigenvalue weighted by Crippen LogP contribution is 2.29. The van der Waals surface area contributed by atoms with Gasteiger partial charge in [0, 0.05) is 13.2 Å². The fraction of sp³-hybridized carbons (Fsp3) is 1.00. The summed E-state index contributed by atoms with van der Waals surface area (Å²) in [5.41, 5.74) is 0.396. The van der Waals surface area contributed by atoms with Crippen LogP contribution in [0.3, 0.4) is 0 Å². The molecule has 2 nitrogen and oxygen atoms in total. The Bertz CT molecular complexity index is 151. The second-order valence-electron chi connectivity index (χ2n) is 5.61. The van der Waals surface area contributed by atoms with Gasteiger partial charge in [0.25, 0.3) is 0 Å². The molecule has 0 saturated carbocycles. The summed E-state index contributed by atoms with van der Waals surface area (Å²) in [6.45, 7) is 15.3. The first-order valence-electron chi connectivity index (χ1n) is 6.80. The monoisotopic (exact) mass is 229 g/mol. The van der Waals surface area contributed by atoms with E-state index in [1.807, 2.05) is 0 Å². The Labute approximate surface area is 102 Å². The summed E-state index contributed by atoms with van der Waals surface area (Å²) in [5.74, 6) is 0.750. The Morgan fingerprint density at radius 3 is 2.38 bits per heavy atom. The largest absolute Gasteiger partial charge is 0.382 e. The van der Waals surface area contributed by atoms with Crippen molar-refractivity contribution >= 4 is 0 Å². The van der Waals surface area contributed by atoms with E-state index in [0.717, 1.165) is 32.2 Å². The van der Waals surface area contributed by atoms with Gasteiger partial charge in [-0.25, -0.2) is 0 Å². The van der Waals surface area contributed by atoms with E-state index < -0.39 is 0 Å². The van der Waals surface area contributed by atoms with Gasteiger partial charge in [0.05, 0.1) is 0 Å². The van der Waals surface area contributed by atoms with Gasteiger partial charge in [-0.1, -0.05) is 27.7 Å². The highest BCUT2D eigenvalue weighted by atomic mass is 16.5. The summed E-state index contributed by atoms with van der Waals surface area (Å²) in [4.78, 5) is 0. The molecule has 16 heavy (non-hydrogen) atoms. The van der Waals surface area contributed by atoms with Crippen LogP contribution in [-0.2, 0) is 4.74 Å². The molecule has 1 N–H and O–H groups in total. The van der Waals surface area contributed by atoms with E-state index in [2.05, 4.69) is 39.9 Å². The van der Waals surface area contributed by atoms with E-state index in [-0.39, 0.29) is 0 Å². The molecule has 0 saturated heterocycles. The Kier molecular flexibility index (Phi) is 8.96. The van der Waals surface area contributed by atoms with Crippen LogP contribution in [0.15, 0.2) is 0 Å². The molecule has 0 aromatic carbocycles. The van der Waals surface area contributed by atoms with Gasteiger partial charge in [-0.2, -0.15) is 0 Å². The van der Waals surface area contributed by atoms with Crippen molar-refractivity contribution in [2.24, 2.45) is 11.3 Å². The van der Waals surface area contributed by atoms with Gasteiger partial charge in [0.15, 0.2) is 0 Å². The van der Waals surface area contributed by atoms with Crippen molar-refractivity contribution in [3.05, 3.63) is 0 Å².